The van der Waals surface area contributed by atoms with Crippen LogP contribution in [0, 0.1) is 11.3 Å². The molecule has 0 radical (unpaired) electrons. The van der Waals surface area contributed by atoms with E-state index in [1.54, 1.807) is 6.07 Å². The molecule has 38 heavy (non-hydrogen) atoms. The third kappa shape index (κ3) is 6.84. The molecule has 0 bridgehead atoms. The van der Waals surface area contributed by atoms with Crippen molar-refractivity contribution < 1.29 is 32.6 Å². The SMILES string of the molecule is N#Cc1ccc(Oc2ccc(/C=C3\SC(=NCCCN4CCNC(=O)C4)NC3=O)cc2O)c(C(F)(F)F)c1. The number of alkyl halides is 3. The van der Waals surface area contributed by atoms with Crippen LogP contribution >= 0.6 is 11.8 Å². The van der Waals surface area contributed by atoms with Crippen molar-refractivity contribution in [2.45, 2.75) is 12.6 Å². The lowest BCUT2D eigenvalue weighted by atomic mass is 10.1. The number of benzene rings is 2. The van der Waals surface area contributed by atoms with Gasteiger partial charge in [0.15, 0.2) is 16.7 Å². The van der Waals surface area contributed by atoms with Gasteiger partial charge in [0.05, 0.1) is 28.6 Å². The van der Waals surface area contributed by atoms with E-state index >= 15 is 0 Å². The fourth-order valence-corrected chi connectivity index (χ4v) is 4.60. The van der Waals surface area contributed by atoms with Crippen LogP contribution in [0.3, 0.4) is 0 Å². The maximum absolute atomic E-state index is 13.4. The Morgan fingerprint density at radius 3 is 2.71 bits per heavy atom. The Kier molecular flexibility index (Phi) is 8.23. The van der Waals surface area contributed by atoms with Gasteiger partial charge < -0.3 is 20.5 Å². The predicted molar refractivity (Wildman–Crippen MR) is 134 cm³/mol. The van der Waals surface area contributed by atoms with Gasteiger partial charge in [-0.3, -0.25) is 19.5 Å². The zero-order chi connectivity index (χ0) is 27.3. The van der Waals surface area contributed by atoms with Crippen LogP contribution < -0.4 is 15.4 Å². The number of ether oxygens (including phenoxy) is 1. The molecule has 2 amide bonds. The molecule has 0 aliphatic carbocycles. The Bertz CT molecular complexity index is 1350. The monoisotopic (exact) mass is 545 g/mol. The van der Waals surface area contributed by atoms with Crippen LogP contribution in [0.2, 0.25) is 0 Å². The first-order valence-corrected chi connectivity index (χ1v) is 12.3. The molecule has 2 fully saturated rings. The molecule has 4 rings (SSSR count). The molecule has 2 aliphatic rings. The first-order valence-electron chi connectivity index (χ1n) is 11.5. The number of nitrogens with one attached hydrogen (secondary N) is 2. The maximum atomic E-state index is 13.4. The van der Waals surface area contributed by atoms with Crippen LogP contribution in [0.1, 0.15) is 23.1 Å². The third-order valence-corrected chi connectivity index (χ3v) is 6.52. The van der Waals surface area contributed by atoms with Gasteiger partial charge in [-0.25, -0.2) is 0 Å². The van der Waals surface area contributed by atoms with Gasteiger partial charge in [-0.2, -0.15) is 18.4 Å². The molecule has 2 aromatic rings. The molecule has 0 unspecified atom stereocenters. The highest BCUT2D eigenvalue weighted by molar-refractivity contribution is 8.18. The summed E-state index contributed by atoms with van der Waals surface area (Å²) in [6.07, 6.45) is -2.53. The Balaban J connectivity index is 1.39. The van der Waals surface area contributed by atoms with E-state index < -0.39 is 23.2 Å². The van der Waals surface area contributed by atoms with Crippen LogP contribution in [0.15, 0.2) is 46.3 Å². The highest BCUT2D eigenvalue weighted by Gasteiger charge is 2.35. The number of phenols is 1. The number of amides is 2. The average molecular weight is 546 g/mol. The Morgan fingerprint density at radius 1 is 1.21 bits per heavy atom. The number of hydrogen-bond donors (Lipinski definition) is 3. The van der Waals surface area contributed by atoms with Crippen LogP contribution in [0.5, 0.6) is 17.2 Å². The number of amidine groups is 1. The summed E-state index contributed by atoms with van der Waals surface area (Å²) < 4.78 is 45.5. The molecule has 2 heterocycles. The predicted octanol–water partition coefficient (Wildman–Crippen LogP) is 3.46. The Hall–Kier alpha value is -4.02. The average Bonchev–Trinajstić information content (AvgIpc) is 3.21. The minimum Gasteiger partial charge on any atom is -0.504 e. The lowest BCUT2D eigenvalue weighted by Gasteiger charge is -2.25. The Morgan fingerprint density at radius 2 is 2.00 bits per heavy atom. The topological polar surface area (TPSA) is 127 Å². The van der Waals surface area contributed by atoms with Gasteiger partial charge in [-0.1, -0.05) is 6.07 Å². The first-order chi connectivity index (χ1) is 18.1. The summed E-state index contributed by atoms with van der Waals surface area (Å²) in [5.74, 6) is -1.58. The molecule has 2 aromatic carbocycles. The standard InChI is InChI=1S/C25H22F3N5O4S/c26-25(27,28)17-10-16(13-29)3-4-19(17)37-20-5-2-15(11-18(20)34)12-21-23(36)32-24(38-21)31-6-1-8-33-9-7-30-22(35)14-33/h2-5,10-12,34H,1,6-9,14H2,(H,30,35)(H,31,32,36)/b21-12-. The second-order valence-electron chi connectivity index (χ2n) is 8.38. The summed E-state index contributed by atoms with van der Waals surface area (Å²) in [4.78, 5) is 30.5. The fourth-order valence-electron chi connectivity index (χ4n) is 3.75. The van der Waals surface area contributed by atoms with E-state index in [-0.39, 0.29) is 23.1 Å². The summed E-state index contributed by atoms with van der Waals surface area (Å²) in [6.45, 7) is 2.96. The van der Waals surface area contributed by atoms with E-state index in [0.29, 0.717) is 47.9 Å². The summed E-state index contributed by atoms with van der Waals surface area (Å²) in [7, 11) is 0. The van der Waals surface area contributed by atoms with Crippen molar-refractivity contribution >= 4 is 34.8 Å². The highest BCUT2D eigenvalue weighted by atomic mass is 32.2. The fraction of sp³-hybridized carbons (Fsp3) is 0.280. The highest BCUT2D eigenvalue weighted by Crippen LogP contribution is 2.41. The third-order valence-electron chi connectivity index (χ3n) is 5.57. The Labute approximate surface area is 220 Å². The van der Waals surface area contributed by atoms with Gasteiger partial charge in [0.1, 0.15) is 5.75 Å². The van der Waals surface area contributed by atoms with Crippen molar-refractivity contribution in [3.05, 3.63) is 58.0 Å². The van der Waals surface area contributed by atoms with Gasteiger partial charge in [-0.15, -0.1) is 0 Å². The molecule has 2 saturated heterocycles. The number of aromatic hydroxyl groups is 1. The molecule has 2 aliphatic heterocycles. The van der Waals surface area contributed by atoms with Crippen LogP contribution in [0.4, 0.5) is 13.2 Å². The molecule has 0 spiro atoms. The molecular formula is C25H22F3N5O4S. The number of nitrogens with zero attached hydrogens (tertiary/aromatic N) is 3. The minimum absolute atomic E-state index is 0.00176. The molecule has 9 nitrogen and oxygen atoms in total. The van der Waals surface area contributed by atoms with E-state index in [1.165, 1.54) is 30.3 Å². The number of thioether (sulfide) groups is 1. The minimum atomic E-state index is -4.77. The number of halogens is 3. The number of aliphatic imine (C=N–C) groups is 1. The van der Waals surface area contributed by atoms with Crippen molar-refractivity contribution in [3.63, 3.8) is 0 Å². The van der Waals surface area contributed by atoms with E-state index in [0.717, 1.165) is 30.8 Å². The van der Waals surface area contributed by atoms with Crippen LogP contribution in [0.25, 0.3) is 6.08 Å². The maximum Gasteiger partial charge on any atom is 0.420 e. The van der Waals surface area contributed by atoms with E-state index in [2.05, 4.69) is 15.6 Å². The normalized spacial score (nSPS) is 18.4. The van der Waals surface area contributed by atoms with Gasteiger partial charge in [0.25, 0.3) is 5.91 Å². The van der Waals surface area contributed by atoms with Crippen molar-refractivity contribution in [2.24, 2.45) is 4.99 Å². The van der Waals surface area contributed by atoms with Gasteiger partial charge in [0, 0.05) is 26.2 Å². The molecule has 198 valence electrons. The van der Waals surface area contributed by atoms with Gasteiger partial charge in [-0.05, 0) is 60.2 Å². The van der Waals surface area contributed by atoms with Crippen LogP contribution in [-0.2, 0) is 15.8 Å². The molecule has 3 N–H and O–H groups in total. The summed E-state index contributed by atoms with van der Waals surface area (Å²) in [6, 6.07) is 8.55. The van der Waals surface area contributed by atoms with Gasteiger partial charge >= 0.3 is 6.18 Å². The smallest absolute Gasteiger partial charge is 0.420 e. The van der Waals surface area contributed by atoms with E-state index in [9.17, 15) is 27.9 Å². The van der Waals surface area contributed by atoms with Gasteiger partial charge in [0.2, 0.25) is 5.91 Å². The number of phenolic OH excluding ortho intramolecular Hbond substituents is 1. The zero-order valence-corrected chi connectivity index (χ0v) is 20.7. The first kappa shape index (κ1) is 27.0. The number of hydrogen-bond acceptors (Lipinski definition) is 8. The largest absolute Gasteiger partial charge is 0.504 e. The summed E-state index contributed by atoms with van der Waals surface area (Å²) >= 11 is 1.13. The molecule has 13 heteroatoms. The van der Waals surface area contributed by atoms with Crippen molar-refractivity contribution in [3.8, 4) is 23.3 Å². The number of piperazine rings is 1. The molecule has 0 saturated carbocycles. The van der Waals surface area contributed by atoms with Crippen LogP contribution in [-0.4, -0.2) is 59.7 Å². The summed E-state index contributed by atoms with van der Waals surface area (Å²) in [5.41, 5.74) is -0.899. The van der Waals surface area contributed by atoms with E-state index in [1.807, 2.05) is 4.90 Å². The zero-order valence-electron chi connectivity index (χ0n) is 19.8. The quantitative estimate of drug-likeness (QED) is 0.359. The number of rotatable bonds is 7. The molecule has 0 aromatic heterocycles. The molecular weight excluding hydrogens is 523 g/mol. The van der Waals surface area contributed by atoms with Crippen molar-refractivity contribution in [1.29, 1.82) is 5.26 Å². The van der Waals surface area contributed by atoms with Crippen molar-refractivity contribution in [2.75, 3.05) is 32.7 Å². The van der Waals surface area contributed by atoms with E-state index in [4.69, 9.17) is 10.00 Å². The lowest BCUT2D eigenvalue weighted by Crippen LogP contribution is -2.47. The lowest BCUT2D eigenvalue weighted by molar-refractivity contribution is -0.138. The number of carbonyl (C=O) groups excluding carboxylic acids is 2. The number of nitriles is 1. The second-order valence-corrected chi connectivity index (χ2v) is 9.41. The number of carbonyl (C=O) groups is 2. The second kappa shape index (κ2) is 11.6. The molecule has 0 atom stereocenters. The summed E-state index contributed by atoms with van der Waals surface area (Å²) in [5, 5.41) is 25.1. The van der Waals surface area contributed by atoms with Crippen molar-refractivity contribution in [1.82, 2.24) is 15.5 Å².